The number of hydrogen-bond donors (Lipinski definition) is 1. The van der Waals surface area contributed by atoms with Crippen molar-refractivity contribution in [3.63, 3.8) is 0 Å². The lowest BCUT2D eigenvalue weighted by molar-refractivity contribution is 0.135. The molecule has 0 bridgehead atoms. The maximum Gasteiger partial charge on any atom is 0.0126 e. The summed E-state index contributed by atoms with van der Waals surface area (Å²) in [5.41, 5.74) is 0.603. The topological polar surface area (TPSA) is 12.0 Å². The normalized spacial score (nSPS) is 21.8. The van der Waals surface area contributed by atoms with Crippen LogP contribution in [0.5, 0.6) is 0 Å². The first-order valence-electron chi connectivity index (χ1n) is 8.77. The van der Waals surface area contributed by atoms with E-state index in [4.69, 9.17) is 0 Å². The summed E-state index contributed by atoms with van der Waals surface area (Å²) in [6.07, 6.45) is 11.4. The van der Waals surface area contributed by atoms with Gasteiger partial charge in [-0.1, -0.05) is 60.3 Å². The third-order valence-corrected chi connectivity index (χ3v) is 5.02. The van der Waals surface area contributed by atoms with Crippen molar-refractivity contribution in [2.75, 3.05) is 6.54 Å². The lowest BCUT2D eigenvalue weighted by Crippen LogP contribution is -2.45. The van der Waals surface area contributed by atoms with E-state index in [9.17, 15) is 0 Å². The first kappa shape index (κ1) is 17.0. The van der Waals surface area contributed by atoms with E-state index >= 15 is 0 Å². The lowest BCUT2D eigenvalue weighted by atomic mass is 9.70. The lowest BCUT2D eigenvalue weighted by Gasteiger charge is -2.41. The van der Waals surface area contributed by atoms with Crippen molar-refractivity contribution in [2.45, 2.75) is 92.0 Å². The number of hydrogen-bond acceptors (Lipinski definition) is 1. The minimum atomic E-state index is 0.603. The van der Waals surface area contributed by atoms with Gasteiger partial charge in [0.05, 0.1) is 0 Å². The molecule has 1 fully saturated rings. The fraction of sp³-hybridized carbons (Fsp3) is 1.00. The van der Waals surface area contributed by atoms with Crippen LogP contribution in [-0.2, 0) is 0 Å². The van der Waals surface area contributed by atoms with E-state index < -0.39 is 0 Å². The molecule has 1 rings (SSSR count). The van der Waals surface area contributed by atoms with E-state index in [1.165, 1.54) is 51.4 Å². The Labute approximate surface area is 121 Å². The second kappa shape index (κ2) is 8.29. The van der Waals surface area contributed by atoms with Crippen LogP contribution < -0.4 is 5.32 Å². The summed E-state index contributed by atoms with van der Waals surface area (Å²) < 4.78 is 0. The summed E-state index contributed by atoms with van der Waals surface area (Å²) in [6, 6.07) is 0.754. The molecule has 0 amide bonds. The minimum Gasteiger partial charge on any atom is -0.314 e. The Morgan fingerprint density at radius 3 is 2.16 bits per heavy atom. The SMILES string of the molecule is CCCC(C)CC(NCC)C1(CC(C)C)CCCC1. The predicted octanol–water partition coefficient (Wildman–Crippen LogP) is 5.40. The smallest absolute Gasteiger partial charge is 0.0126 e. The molecule has 1 saturated carbocycles. The maximum atomic E-state index is 3.86. The van der Waals surface area contributed by atoms with Crippen molar-refractivity contribution in [1.29, 1.82) is 0 Å². The highest BCUT2D eigenvalue weighted by atomic mass is 14.9. The molecule has 0 aromatic heterocycles. The van der Waals surface area contributed by atoms with E-state index in [-0.39, 0.29) is 0 Å². The summed E-state index contributed by atoms with van der Waals surface area (Å²) in [6.45, 7) is 13.0. The summed E-state index contributed by atoms with van der Waals surface area (Å²) >= 11 is 0. The van der Waals surface area contributed by atoms with Gasteiger partial charge >= 0.3 is 0 Å². The molecule has 1 N–H and O–H groups in total. The molecule has 1 nitrogen and oxygen atoms in total. The van der Waals surface area contributed by atoms with Crippen molar-refractivity contribution in [1.82, 2.24) is 5.32 Å². The highest BCUT2D eigenvalue weighted by Crippen LogP contribution is 2.47. The zero-order chi connectivity index (χ0) is 14.3. The second-order valence-corrected chi connectivity index (χ2v) is 7.41. The molecule has 1 aliphatic carbocycles. The largest absolute Gasteiger partial charge is 0.314 e. The first-order chi connectivity index (χ1) is 9.04. The molecule has 0 aromatic rings. The van der Waals surface area contributed by atoms with Gasteiger partial charge in [0.1, 0.15) is 0 Å². The standard InChI is InChI=1S/C18H37N/c1-6-10-16(5)13-17(19-7-2)18(14-15(3)4)11-8-9-12-18/h15-17,19H,6-14H2,1-5H3. The highest BCUT2D eigenvalue weighted by Gasteiger charge is 2.41. The van der Waals surface area contributed by atoms with Crippen molar-refractivity contribution < 1.29 is 0 Å². The molecule has 1 aliphatic rings. The van der Waals surface area contributed by atoms with Gasteiger partial charge in [-0.2, -0.15) is 0 Å². The molecule has 0 spiro atoms. The van der Waals surface area contributed by atoms with Crippen LogP contribution in [-0.4, -0.2) is 12.6 Å². The average molecular weight is 268 g/mol. The first-order valence-corrected chi connectivity index (χ1v) is 8.77. The summed E-state index contributed by atoms with van der Waals surface area (Å²) in [4.78, 5) is 0. The Morgan fingerprint density at radius 1 is 1.05 bits per heavy atom. The fourth-order valence-electron chi connectivity index (χ4n) is 4.40. The minimum absolute atomic E-state index is 0.603. The molecule has 0 saturated heterocycles. The van der Waals surface area contributed by atoms with E-state index in [1.54, 1.807) is 0 Å². The van der Waals surface area contributed by atoms with E-state index in [2.05, 4.69) is 39.9 Å². The Balaban J connectivity index is 2.74. The number of rotatable bonds is 9. The van der Waals surface area contributed by atoms with E-state index in [1.807, 2.05) is 0 Å². The zero-order valence-corrected chi connectivity index (χ0v) is 14.1. The Morgan fingerprint density at radius 2 is 1.68 bits per heavy atom. The Hall–Kier alpha value is -0.0400. The van der Waals surface area contributed by atoms with Crippen LogP contribution >= 0.6 is 0 Å². The summed E-state index contributed by atoms with van der Waals surface area (Å²) in [7, 11) is 0. The fourth-order valence-corrected chi connectivity index (χ4v) is 4.40. The van der Waals surface area contributed by atoms with Gasteiger partial charge in [0.2, 0.25) is 0 Å². The predicted molar refractivity (Wildman–Crippen MR) is 86.5 cm³/mol. The quantitative estimate of drug-likeness (QED) is 0.590. The van der Waals surface area contributed by atoms with Gasteiger partial charge in [-0.3, -0.25) is 0 Å². The molecule has 114 valence electrons. The maximum absolute atomic E-state index is 3.86. The number of nitrogens with one attached hydrogen (secondary N) is 1. The Kier molecular flexibility index (Phi) is 7.42. The van der Waals surface area contributed by atoms with Crippen molar-refractivity contribution in [2.24, 2.45) is 17.3 Å². The molecule has 1 heteroatoms. The van der Waals surface area contributed by atoms with Crippen LogP contribution in [0.15, 0.2) is 0 Å². The highest BCUT2D eigenvalue weighted by molar-refractivity contribution is 4.95. The van der Waals surface area contributed by atoms with Crippen molar-refractivity contribution in [3.8, 4) is 0 Å². The monoisotopic (exact) mass is 267 g/mol. The third-order valence-electron chi connectivity index (χ3n) is 5.02. The molecular weight excluding hydrogens is 230 g/mol. The molecule has 2 unspecified atom stereocenters. The van der Waals surface area contributed by atoms with Gasteiger partial charge < -0.3 is 5.32 Å². The van der Waals surface area contributed by atoms with Crippen LogP contribution in [0.1, 0.15) is 86.0 Å². The molecular formula is C18H37N. The van der Waals surface area contributed by atoms with Crippen molar-refractivity contribution in [3.05, 3.63) is 0 Å². The van der Waals surface area contributed by atoms with Gasteiger partial charge in [-0.15, -0.1) is 0 Å². The molecule has 0 heterocycles. The van der Waals surface area contributed by atoms with Crippen LogP contribution in [0.4, 0.5) is 0 Å². The molecule has 0 aromatic carbocycles. The van der Waals surface area contributed by atoms with Crippen LogP contribution in [0, 0.1) is 17.3 Å². The van der Waals surface area contributed by atoms with Gasteiger partial charge in [-0.25, -0.2) is 0 Å². The van der Waals surface area contributed by atoms with Crippen LogP contribution in [0.3, 0.4) is 0 Å². The summed E-state index contributed by atoms with van der Waals surface area (Å²) in [5, 5.41) is 3.86. The molecule has 19 heavy (non-hydrogen) atoms. The molecule has 0 aliphatic heterocycles. The van der Waals surface area contributed by atoms with Crippen LogP contribution in [0.25, 0.3) is 0 Å². The van der Waals surface area contributed by atoms with E-state index in [0.29, 0.717) is 5.41 Å². The molecule has 0 radical (unpaired) electrons. The van der Waals surface area contributed by atoms with Crippen molar-refractivity contribution >= 4 is 0 Å². The molecule has 2 atom stereocenters. The third kappa shape index (κ3) is 5.10. The Bertz CT molecular complexity index is 228. The average Bonchev–Trinajstić information content (AvgIpc) is 2.77. The van der Waals surface area contributed by atoms with E-state index in [0.717, 1.165) is 24.4 Å². The summed E-state index contributed by atoms with van der Waals surface area (Å²) in [5.74, 6) is 1.71. The van der Waals surface area contributed by atoms with Crippen LogP contribution in [0.2, 0.25) is 0 Å². The van der Waals surface area contributed by atoms with Gasteiger partial charge in [-0.05, 0) is 49.5 Å². The zero-order valence-electron chi connectivity index (χ0n) is 14.1. The van der Waals surface area contributed by atoms with Gasteiger partial charge in [0.15, 0.2) is 0 Å². The second-order valence-electron chi connectivity index (χ2n) is 7.41. The van der Waals surface area contributed by atoms with Gasteiger partial charge in [0.25, 0.3) is 0 Å². The van der Waals surface area contributed by atoms with Gasteiger partial charge in [0, 0.05) is 6.04 Å².